The van der Waals surface area contributed by atoms with Gasteiger partial charge in [-0.25, -0.2) is 0 Å². The number of ketones is 1. The molecule has 4 heteroatoms. The Bertz CT molecular complexity index is 139. The van der Waals surface area contributed by atoms with E-state index < -0.39 is 0 Å². The highest BCUT2D eigenvalue weighted by Crippen LogP contribution is 1.85. The van der Waals surface area contributed by atoms with E-state index in [0.29, 0.717) is 19.6 Å². The fourth-order valence-electron chi connectivity index (χ4n) is 0.859. The lowest BCUT2D eigenvalue weighted by atomic mass is 10.3. The van der Waals surface area contributed by atoms with Gasteiger partial charge in [-0.2, -0.15) is 0 Å². The molecule has 0 aromatic heterocycles. The molecule has 0 aromatic rings. The maximum atomic E-state index is 10.8. The Kier molecular flexibility index (Phi) is 10.3. The number of hydrogen-bond donors (Lipinski definition) is 1. The van der Waals surface area contributed by atoms with E-state index >= 15 is 0 Å². The van der Waals surface area contributed by atoms with Crippen LogP contribution in [0.4, 0.5) is 0 Å². The molecule has 0 saturated heterocycles. The topological polar surface area (TPSA) is 47.6 Å². The van der Waals surface area contributed by atoms with Crippen LogP contribution in [-0.4, -0.2) is 45.8 Å². The Hall–Kier alpha value is -0.450. The van der Waals surface area contributed by atoms with Crippen molar-refractivity contribution in [3.63, 3.8) is 0 Å². The van der Waals surface area contributed by atoms with Crippen LogP contribution in [0.5, 0.6) is 0 Å². The third-order valence-electron chi connectivity index (χ3n) is 1.74. The lowest BCUT2D eigenvalue weighted by Crippen LogP contribution is -2.14. The first-order chi connectivity index (χ1) is 6.81. The van der Waals surface area contributed by atoms with Crippen molar-refractivity contribution in [1.29, 1.82) is 0 Å². The molecule has 0 amide bonds. The summed E-state index contributed by atoms with van der Waals surface area (Å²) in [6, 6.07) is 0. The quantitative estimate of drug-likeness (QED) is 0.528. The van der Waals surface area contributed by atoms with Crippen molar-refractivity contribution in [2.45, 2.75) is 19.8 Å². The molecule has 0 bridgehead atoms. The molecular weight excluding hydrogens is 182 g/mol. The molecule has 0 spiro atoms. The van der Waals surface area contributed by atoms with E-state index in [1.54, 1.807) is 0 Å². The molecule has 4 nitrogen and oxygen atoms in total. The maximum Gasteiger partial charge on any atom is 0.158 e. The van der Waals surface area contributed by atoms with Gasteiger partial charge in [-0.3, -0.25) is 4.79 Å². The Morgan fingerprint density at radius 1 is 1.21 bits per heavy atom. The van der Waals surface area contributed by atoms with Gasteiger partial charge >= 0.3 is 0 Å². The summed E-state index contributed by atoms with van der Waals surface area (Å²) in [7, 11) is 1.92. The van der Waals surface area contributed by atoms with Crippen LogP contribution in [0.25, 0.3) is 0 Å². The number of Topliss-reactive ketones (excluding diaryl/α,β-unsaturated/α-hetero) is 1. The minimum absolute atomic E-state index is 0.139. The third kappa shape index (κ3) is 9.64. The zero-order chi connectivity index (χ0) is 10.6. The van der Waals surface area contributed by atoms with Crippen molar-refractivity contribution in [2.24, 2.45) is 0 Å². The van der Waals surface area contributed by atoms with Crippen LogP contribution in [0.3, 0.4) is 0 Å². The van der Waals surface area contributed by atoms with E-state index in [1.165, 1.54) is 0 Å². The summed E-state index contributed by atoms with van der Waals surface area (Å²) in [5.41, 5.74) is 0. The lowest BCUT2D eigenvalue weighted by molar-refractivity contribution is -0.123. The van der Waals surface area contributed by atoms with Crippen molar-refractivity contribution in [1.82, 2.24) is 5.32 Å². The molecule has 0 heterocycles. The van der Waals surface area contributed by atoms with Crippen molar-refractivity contribution in [2.75, 3.05) is 40.0 Å². The van der Waals surface area contributed by atoms with Crippen LogP contribution >= 0.6 is 0 Å². The highest BCUT2D eigenvalue weighted by Gasteiger charge is 1.96. The second-order valence-corrected chi connectivity index (χ2v) is 3.01. The van der Waals surface area contributed by atoms with Crippen LogP contribution in [-0.2, 0) is 14.3 Å². The first-order valence-electron chi connectivity index (χ1n) is 5.13. The smallest absolute Gasteiger partial charge is 0.158 e. The number of rotatable bonds is 10. The summed E-state index contributed by atoms with van der Waals surface area (Å²) in [5.74, 6) is 0.139. The molecular formula is C10H21NO3. The molecule has 14 heavy (non-hydrogen) atoms. The van der Waals surface area contributed by atoms with Crippen LogP contribution in [0.2, 0.25) is 0 Å². The summed E-state index contributed by atoms with van der Waals surface area (Å²) in [6.45, 7) is 4.84. The fraction of sp³-hybridized carbons (Fsp3) is 0.900. The number of ether oxygens (including phenoxy) is 2. The van der Waals surface area contributed by atoms with Crippen molar-refractivity contribution in [3.8, 4) is 0 Å². The number of hydrogen-bond acceptors (Lipinski definition) is 4. The van der Waals surface area contributed by atoms with Crippen LogP contribution in [0.1, 0.15) is 19.8 Å². The number of carbonyl (C=O) groups is 1. The average molecular weight is 203 g/mol. The third-order valence-corrected chi connectivity index (χ3v) is 1.74. The molecule has 0 aliphatic heterocycles. The maximum absolute atomic E-state index is 10.8. The number of carbonyl (C=O) groups excluding carboxylic acids is 1. The Morgan fingerprint density at radius 3 is 2.57 bits per heavy atom. The molecule has 0 fully saturated rings. The Labute approximate surface area is 86.0 Å². The Morgan fingerprint density at radius 2 is 1.93 bits per heavy atom. The van der Waals surface area contributed by atoms with Crippen LogP contribution in [0.15, 0.2) is 0 Å². The first-order valence-corrected chi connectivity index (χ1v) is 5.13. The van der Waals surface area contributed by atoms with Gasteiger partial charge in [-0.15, -0.1) is 0 Å². The SMILES string of the molecule is CCC(=O)COCCOCCCNC. The minimum Gasteiger partial charge on any atom is -0.379 e. The highest BCUT2D eigenvalue weighted by molar-refractivity contribution is 5.79. The summed E-state index contributed by atoms with van der Waals surface area (Å²) >= 11 is 0. The van der Waals surface area contributed by atoms with E-state index in [2.05, 4.69) is 5.32 Å². The zero-order valence-electron chi connectivity index (χ0n) is 9.17. The van der Waals surface area contributed by atoms with E-state index in [1.807, 2.05) is 14.0 Å². The summed E-state index contributed by atoms with van der Waals surface area (Å²) in [6.07, 6.45) is 1.55. The molecule has 0 saturated carbocycles. The zero-order valence-corrected chi connectivity index (χ0v) is 9.17. The van der Waals surface area contributed by atoms with Gasteiger partial charge in [0.2, 0.25) is 0 Å². The summed E-state index contributed by atoms with van der Waals surface area (Å²) < 4.78 is 10.4. The summed E-state index contributed by atoms with van der Waals surface area (Å²) in [5, 5.41) is 3.04. The highest BCUT2D eigenvalue weighted by atomic mass is 16.5. The van der Waals surface area contributed by atoms with E-state index in [4.69, 9.17) is 9.47 Å². The predicted molar refractivity (Wildman–Crippen MR) is 55.5 cm³/mol. The lowest BCUT2D eigenvalue weighted by Gasteiger charge is -2.04. The molecule has 0 rings (SSSR count). The Balaban J connectivity index is 2.95. The molecule has 0 aliphatic carbocycles. The molecule has 1 N–H and O–H groups in total. The second kappa shape index (κ2) is 10.6. The number of nitrogens with one attached hydrogen (secondary N) is 1. The van der Waals surface area contributed by atoms with E-state index in [9.17, 15) is 4.79 Å². The minimum atomic E-state index is 0.139. The molecule has 0 aromatic carbocycles. The van der Waals surface area contributed by atoms with Crippen molar-refractivity contribution in [3.05, 3.63) is 0 Å². The molecule has 0 atom stereocenters. The molecule has 0 aliphatic rings. The van der Waals surface area contributed by atoms with Gasteiger partial charge in [0.15, 0.2) is 5.78 Å². The normalized spacial score (nSPS) is 10.4. The van der Waals surface area contributed by atoms with E-state index in [-0.39, 0.29) is 12.4 Å². The fourth-order valence-corrected chi connectivity index (χ4v) is 0.859. The van der Waals surface area contributed by atoms with Crippen LogP contribution in [0, 0.1) is 0 Å². The second-order valence-electron chi connectivity index (χ2n) is 3.01. The van der Waals surface area contributed by atoms with Crippen LogP contribution < -0.4 is 5.32 Å². The monoisotopic (exact) mass is 203 g/mol. The van der Waals surface area contributed by atoms with Gasteiger partial charge in [0.1, 0.15) is 6.61 Å². The van der Waals surface area contributed by atoms with Gasteiger partial charge in [0.05, 0.1) is 13.2 Å². The first kappa shape index (κ1) is 13.5. The van der Waals surface area contributed by atoms with Gasteiger partial charge in [-0.1, -0.05) is 6.92 Å². The average Bonchev–Trinajstić information content (AvgIpc) is 2.21. The summed E-state index contributed by atoms with van der Waals surface area (Å²) in [4.78, 5) is 10.8. The van der Waals surface area contributed by atoms with Gasteiger partial charge < -0.3 is 14.8 Å². The molecule has 84 valence electrons. The predicted octanol–water partition coefficient (Wildman–Crippen LogP) is 0.608. The standard InChI is InChI=1S/C10H21NO3/c1-3-10(12)9-14-8-7-13-6-4-5-11-2/h11H,3-9H2,1-2H3. The van der Waals surface area contributed by atoms with Gasteiger partial charge in [0, 0.05) is 13.0 Å². The van der Waals surface area contributed by atoms with Gasteiger partial charge in [-0.05, 0) is 20.0 Å². The van der Waals surface area contributed by atoms with Crippen molar-refractivity contribution >= 4 is 5.78 Å². The molecule has 0 radical (unpaired) electrons. The van der Waals surface area contributed by atoms with E-state index in [0.717, 1.165) is 19.6 Å². The largest absolute Gasteiger partial charge is 0.379 e. The van der Waals surface area contributed by atoms with Gasteiger partial charge in [0.25, 0.3) is 0 Å². The van der Waals surface area contributed by atoms with Crippen molar-refractivity contribution < 1.29 is 14.3 Å². The molecule has 0 unspecified atom stereocenters.